The van der Waals surface area contributed by atoms with Gasteiger partial charge >= 0.3 is 18.1 Å². The summed E-state index contributed by atoms with van der Waals surface area (Å²) in [5.74, 6) is -4.27. The minimum absolute atomic E-state index is 0.0279. The molecule has 0 aliphatic carbocycles. The van der Waals surface area contributed by atoms with Crippen LogP contribution < -0.4 is 5.32 Å². The minimum Gasteiger partial charge on any atom is -0.481 e. The first-order valence-corrected chi connectivity index (χ1v) is 5.82. The third-order valence-electron chi connectivity index (χ3n) is 2.17. The number of imide groups is 1. The zero-order valence-electron chi connectivity index (χ0n) is 11.1. The van der Waals surface area contributed by atoms with Gasteiger partial charge in [0.05, 0.1) is 6.42 Å². The fraction of sp³-hybridized carbons (Fsp3) is 0.455. The lowest BCUT2D eigenvalue weighted by Gasteiger charge is -2.13. The van der Waals surface area contributed by atoms with Crippen molar-refractivity contribution in [1.82, 2.24) is 10.2 Å². The summed E-state index contributed by atoms with van der Waals surface area (Å²) in [5, 5.41) is 18.3. The van der Waals surface area contributed by atoms with Crippen molar-refractivity contribution < 1.29 is 42.6 Å². The van der Waals surface area contributed by atoms with Crippen molar-refractivity contribution >= 4 is 23.8 Å². The number of aliphatic carboxylic acids is 2. The highest BCUT2D eigenvalue weighted by molar-refractivity contribution is 6.12. The van der Waals surface area contributed by atoms with Crippen LogP contribution in [0.5, 0.6) is 0 Å². The summed E-state index contributed by atoms with van der Waals surface area (Å²) in [6.07, 6.45) is -2.61. The molecule has 0 unspecified atom stereocenters. The van der Waals surface area contributed by atoms with Crippen LogP contribution in [0.4, 0.5) is 13.2 Å². The maximum absolute atomic E-state index is 11.1. The SMILES string of the molecule is O=C(O)C(F)(F)F.O=C(O)CCNCCN1C(=O)C=CC1=O. The number of carbonyl (C=O) groups excluding carboxylic acids is 2. The fourth-order valence-electron chi connectivity index (χ4n) is 1.16. The molecule has 0 bridgehead atoms. The van der Waals surface area contributed by atoms with Gasteiger partial charge < -0.3 is 15.5 Å². The maximum atomic E-state index is 11.1. The summed E-state index contributed by atoms with van der Waals surface area (Å²) in [5.41, 5.74) is 0. The van der Waals surface area contributed by atoms with E-state index >= 15 is 0 Å². The molecule has 22 heavy (non-hydrogen) atoms. The molecule has 0 aromatic rings. The zero-order chi connectivity index (χ0) is 17.3. The molecular formula is C11H13F3N2O6. The van der Waals surface area contributed by atoms with Crippen molar-refractivity contribution in [2.24, 2.45) is 0 Å². The Morgan fingerprint density at radius 1 is 1.09 bits per heavy atom. The first-order chi connectivity index (χ1) is 10.1. The molecule has 1 heterocycles. The topological polar surface area (TPSA) is 124 Å². The number of rotatable bonds is 6. The lowest BCUT2D eigenvalue weighted by molar-refractivity contribution is -0.192. The van der Waals surface area contributed by atoms with E-state index < -0.39 is 18.1 Å². The maximum Gasteiger partial charge on any atom is 0.490 e. The zero-order valence-corrected chi connectivity index (χ0v) is 11.1. The molecule has 3 N–H and O–H groups in total. The van der Waals surface area contributed by atoms with E-state index in [1.165, 1.54) is 12.2 Å². The quantitative estimate of drug-likeness (QED) is 0.448. The van der Waals surface area contributed by atoms with E-state index in [4.69, 9.17) is 15.0 Å². The number of carbonyl (C=O) groups is 4. The second kappa shape index (κ2) is 8.77. The van der Waals surface area contributed by atoms with Crippen LogP contribution in [0.15, 0.2) is 12.2 Å². The predicted molar refractivity (Wildman–Crippen MR) is 64.7 cm³/mol. The van der Waals surface area contributed by atoms with Gasteiger partial charge in [0, 0.05) is 31.8 Å². The molecular weight excluding hydrogens is 313 g/mol. The fourth-order valence-corrected chi connectivity index (χ4v) is 1.16. The highest BCUT2D eigenvalue weighted by atomic mass is 19.4. The third-order valence-corrected chi connectivity index (χ3v) is 2.17. The Bertz CT molecular complexity index is 457. The van der Waals surface area contributed by atoms with Crippen molar-refractivity contribution in [3.8, 4) is 0 Å². The van der Waals surface area contributed by atoms with Crippen molar-refractivity contribution in [3.63, 3.8) is 0 Å². The number of amides is 2. The van der Waals surface area contributed by atoms with E-state index in [1.807, 2.05) is 0 Å². The number of carboxylic acids is 2. The smallest absolute Gasteiger partial charge is 0.481 e. The van der Waals surface area contributed by atoms with Gasteiger partial charge in [0.25, 0.3) is 11.8 Å². The molecule has 0 aromatic carbocycles. The molecule has 1 aliphatic rings. The van der Waals surface area contributed by atoms with Crippen LogP contribution in [-0.2, 0) is 19.2 Å². The number of alkyl halides is 3. The lowest BCUT2D eigenvalue weighted by atomic mass is 10.4. The Hall–Kier alpha value is -2.43. The predicted octanol–water partition coefficient (Wildman–Crippen LogP) is -0.391. The van der Waals surface area contributed by atoms with E-state index in [9.17, 15) is 27.6 Å². The van der Waals surface area contributed by atoms with Gasteiger partial charge in [0.2, 0.25) is 0 Å². The summed E-state index contributed by atoms with van der Waals surface area (Å²) in [6, 6.07) is 0. The van der Waals surface area contributed by atoms with Gasteiger partial charge in [-0.2, -0.15) is 13.2 Å². The van der Waals surface area contributed by atoms with Gasteiger partial charge in [-0.15, -0.1) is 0 Å². The van der Waals surface area contributed by atoms with Crippen LogP contribution in [0.3, 0.4) is 0 Å². The molecule has 0 saturated heterocycles. The molecule has 0 fully saturated rings. The summed E-state index contributed by atoms with van der Waals surface area (Å²) in [4.78, 5) is 42.3. The van der Waals surface area contributed by atoms with Gasteiger partial charge in [-0.1, -0.05) is 0 Å². The standard InChI is InChI=1S/C9H12N2O4.C2HF3O2/c12-7-1-2-8(13)11(7)6-5-10-4-3-9(14)15;3-2(4,5)1(6)7/h1-2,10H,3-6H2,(H,14,15);(H,6,7). The van der Waals surface area contributed by atoms with Gasteiger partial charge in [0.1, 0.15) is 0 Å². The normalized spacial score (nSPS) is 13.9. The Morgan fingerprint density at radius 2 is 1.55 bits per heavy atom. The average molecular weight is 326 g/mol. The summed E-state index contributed by atoms with van der Waals surface area (Å²) >= 11 is 0. The molecule has 8 nitrogen and oxygen atoms in total. The number of nitrogens with one attached hydrogen (secondary N) is 1. The highest BCUT2D eigenvalue weighted by Crippen LogP contribution is 2.13. The summed E-state index contributed by atoms with van der Waals surface area (Å²) in [7, 11) is 0. The molecule has 1 rings (SSSR count). The number of carboxylic acid groups (broad SMARTS) is 2. The van der Waals surface area contributed by atoms with Crippen molar-refractivity contribution in [2.45, 2.75) is 12.6 Å². The Labute approximate surface area is 122 Å². The monoisotopic (exact) mass is 326 g/mol. The molecule has 0 atom stereocenters. The molecule has 0 spiro atoms. The Balaban J connectivity index is 0.000000534. The van der Waals surface area contributed by atoms with E-state index in [0.717, 1.165) is 4.90 Å². The van der Waals surface area contributed by atoms with Crippen LogP contribution in [0.2, 0.25) is 0 Å². The first kappa shape index (κ1) is 19.6. The average Bonchev–Trinajstić information content (AvgIpc) is 2.69. The summed E-state index contributed by atoms with van der Waals surface area (Å²) in [6.45, 7) is 1.01. The Morgan fingerprint density at radius 3 is 1.91 bits per heavy atom. The molecule has 0 radical (unpaired) electrons. The molecule has 0 aromatic heterocycles. The number of nitrogens with zero attached hydrogens (tertiary/aromatic N) is 1. The second-order valence-electron chi connectivity index (χ2n) is 3.86. The van der Waals surface area contributed by atoms with Crippen molar-refractivity contribution in [1.29, 1.82) is 0 Å². The van der Waals surface area contributed by atoms with E-state index in [2.05, 4.69) is 5.32 Å². The molecule has 0 saturated carbocycles. The number of hydrogen-bond acceptors (Lipinski definition) is 5. The summed E-state index contributed by atoms with van der Waals surface area (Å²) < 4.78 is 31.7. The lowest BCUT2D eigenvalue weighted by Crippen LogP contribution is -2.36. The van der Waals surface area contributed by atoms with Crippen LogP contribution in [-0.4, -0.2) is 64.7 Å². The van der Waals surface area contributed by atoms with Crippen LogP contribution >= 0.6 is 0 Å². The first-order valence-electron chi connectivity index (χ1n) is 5.82. The molecule has 1 aliphatic heterocycles. The largest absolute Gasteiger partial charge is 0.490 e. The highest BCUT2D eigenvalue weighted by Gasteiger charge is 2.38. The minimum atomic E-state index is -5.08. The van der Waals surface area contributed by atoms with Gasteiger partial charge in [-0.25, -0.2) is 4.79 Å². The van der Waals surface area contributed by atoms with E-state index in [0.29, 0.717) is 13.1 Å². The Kier molecular flexibility index (Phi) is 7.80. The third kappa shape index (κ3) is 7.99. The van der Waals surface area contributed by atoms with Gasteiger partial charge in [0.15, 0.2) is 0 Å². The van der Waals surface area contributed by atoms with Gasteiger partial charge in [-0.05, 0) is 0 Å². The van der Waals surface area contributed by atoms with Crippen molar-refractivity contribution in [2.75, 3.05) is 19.6 Å². The second-order valence-corrected chi connectivity index (χ2v) is 3.86. The number of hydrogen-bond donors (Lipinski definition) is 3. The van der Waals surface area contributed by atoms with E-state index in [1.54, 1.807) is 0 Å². The van der Waals surface area contributed by atoms with E-state index in [-0.39, 0.29) is 24.8 Å². The van der Waals surface area contributed by atoms with Crippen LogP contribution in [0.25, 0.3) is 0 Å². The molecule has 124 valence electrons. The molecule has 2 amide bonds. The van der Waals surface area contributed by atoms with Crippen LogP contribution in [0, 0.1) is 0 Å². The van der Waals surface area contributed by atoms with Crippen LogP contribution in [0.1, 0.15) is 6.42 Å². The molecule has 11 heteroatoms. The number of halogens is 3. The van der Waals surface area contributed by atoms with Crippen molar-refractivity contribution in [3.05, 3.63) is 12.2 Å². The van der Waals surface area contributed by atoms with Gasteiger partial charge in [-0.3, -0.25) is 19.3 Å².